The van der Waals surface area contributed by atoms with Gasteiger partial charge in [0.2, 0.25) is 0 Å². The van der Waals surface area contributed by atoms with Crippen molar-refractivity contribution in [3.8, 4) is 0 Å². The van der Waals surface area contributed by atoms with Gasteiger partial charge in [0.15, 0.2) is 0 Å². The van der Waals surface area contributed by atoms with Gasteiger partial charge in [-0.1, -0.05) is 0 Å². The van der Waals surface area contributed by atoms with Gasteiger partial charge in [0.1, 0.15) is 5.69 Å². The van der Waals surface area contributed by atoms with Crippen molar-refractivity contribution in [1.29, 1.82) is 0 Å². The van der Waals surface area contributed by atoms with Gasteiger partial charge >= 0.3 is 5.97 Å². The number of carboxylic acid groups (broad SMARTS) is 1. The summed E-state index contributed by atoms with van der Waals surface area (Å²) in [5.41, 5.74) is 0.808. The Hall–Kier alpha value is -1.27. The SMILES string of the molecule is O=C(O)c1cc(NCCSCCCO)ccn1. The summed E-state index contributed by atoms with van der Waals surface area (Å²) < 4.78 is 0. The number of thioether (sulfide) groups is 1. The number of carbonyl (C=O) groups is 1. The first-order chi connectivity index (χ1) is 8.24. The predicted molar refractivity (Wildman–Crippen MR) is 68.7 cm³/mol. The van der Waals surface area contributed by atoms with Crippen LogP contribution < -0.4 is 5.32 Å². The van der Waals surface area contributed by atoms with Crippen molar-refractivity contribution in [2.45, 2.75) is 6.42 Å². The van der Waals surface area contributed by atoms with Crippen molar-refractivity contribution in [1.82, 2.24) is 4.98 Å². The normalized spacial score (nSPS) is 10.2. The highest BCUT2D eigenvalue weighted by atomic mass is 32.2. The van der Waals surface area contributed by atoms with Gasteiger partial charge in [-0.3, -0.25) is 0 Å². The summed E-state index contributed by atoms with van der Waals surface area (Å²) in [5.74, 6) is 0.838. The van der Waals surface area contributed by atoms with Crippen LogP contribution >= 0.6 is 11.8 Å². The van der Waals surface area contributed by atoms with Crippen LogP contribution in [-0.4, -0.2) is 45.8 Å². The van der Waals surface area contributed by atoms with Crippen LogP contribution in [0.3, 0.4) is 0 Å². The van der Waals surface area contributed by atoms with Crippen LogP contribution in [-0.2, 0) is 0 Å². The summed E-state index contributed by atoms with van der Waals surface area (Å²) in [6.45, 7) is 0.992. The van der Waals surface area contributed by atoms with Gasteiger partial charge in [0.05, 0.1) is 0 Å². The number of hydrogen-bond acceptors (Lipinski definition) is 5. The molecule has 5 nitrogen and oxygen atoms in total. The molecule has 0 spiro atoms. The lowest BCUT2D eigenvalue weighted by atomic mass is 10.3. The summed E-state index contributed by atoms with van der Waals surface area (Å²) in [4.78, 5) is 14.4. The quantitative estimate of drug-likeness (QED) is 0.608. The maximum absolute atomic E-state index is 10.7. The standard InChI is InChI=1S/C11H16N2O3S/c14-5-1-6-17-7-4-12-9-2-3-13-10(8-9)11(15)16/h2-3,8,14H,1,4-7H2,(H,12,13)(H,15,16). The minimum atomic E-state index is -1.02. The molecule has 94 valence electrons. The highest BCUT2D eigenvalue weighted by molar-refractivity contribution is 7.99. The maximum Gasteiger partial charge on any atom is 0.354 e. The molecule has 0 aliphatic rings. The van der Waals surface area contributed by atoms with Crippen molar-refractivity contribution >= 4 is 23.4 Å². The number of aromatic carboxylic acids is 1. The molecule has 3 N–H and O–H groups in total. The van der Waals surface area contributed by atoms with E-state index in [1.54, 1.807) is 17.8 Å². The van der Waals surface area contributed by atoms with E-state index in [1.165, 1.54) is 12.3 Å². The van der Waals surface area contributed by atoms with E-state index in [1.807, 2.05) is 0 Å². The predicted octanol–water partition coefficient (Wildman–Crippen LogP) is 1.31. The zero-order valence-electron chi connectivity index (χ0n) is 9.43. The van der Waals surface area contributed by atoms with Gasteiger partial charge < -0.3 is 15.5 Å². The molecule has 1 rings (SSSR count). The summed E-state index contributed by atoms with van der Waals surface area (Å²) in [6.07, 6.45) is 2.29. The highest BCUT2D eigenvalue weighted by Crippen LogP contribution is 2.08. The van der Waals surface area contributed by atoms with Crippen LogP contribution in [0.15, 0.2) is 18.3 Å². The molecule has 1 aromatic heterocycles. The molecule has 0 radical (unpaired) electrons. The molecular weight excluding hydrogens is 240 g/mol. The van der Waals surface area contributed by atoms with Crippen molar-refractivity contribution in [3.05, 3.63) is 24.0 Å². The lowest BCUT2D eigenvalue weighted by Crippen LogP contribution is -2.07. The molecule has 0 fully saturated rings. The summed E-state index contributed by atoms with van der Waals surface area (Å²) >= 11 is 1.75. The van der Waals surface area contributed by atoms with Gasteiger partial charge in [0, 0.05) is 30.8 Å². The van der Waals surface area contributed by atoms with Crippen molar-refractivity contribution in [2.24, 2.45) is 0 Å². The molecule has 0 atom stereocenters. The lowest BCUT2D eigenvalue weighted by molar-refractivity contribution is 0.0690. The third kappa shape index (κ3) is 5.55. The maximum atomic E-state index is 10.7. The largest absolute Gasteiger partial charge is 0.477 e. The topological polar surface area (TPSA) is 82.5 Å². The number of nitrogens with one attached hydrogen (secondary N) is 1. The summed E-state index contributed by atoms with van der Waals surface area (Å²) in [7, 11) is 0. The molecule has 0 saturated heterocycles. The number of hydrogen-bond donors (Lipinski definition) is 3. The fraction of sp³-hybridized carbons (Fsp3) is 0.455. The van der Waals surface area contributed by atoms with E-state index >= 15 is 0 Å². The van der Waals surface area contributed by atoms with Gasteiger partial charge in [-0.2, -0.15) is 11.8 Å². The Labute approximate surface area is 104 Å². The Bertz CT molecular complexity index is 360. The third-order valence-corrected chi connectivity index (χ3v) is 3.07. The van der Waals surface area contributed by atoms with E-state index in [2.05, 4.69) is 10.3 Å². The second-order valence-corrected chi connectivity index (χ2v) is 4.58. The molecule has 0 aliphatic heterocycles. The lowest BCUT2D eigenvalue weighted by Gasteiger charge is -2.06. The number of pyridine rings is 1. The van der Waals surface area contributed by atoms with E-state index in [-0.39, 0.29) is 12.3 Å². The number of aliphatic hydroxyl groups excluding tert-OH is 1. The zero-order valence-corrected chi connectivity index (χ0v) is 10.2. The molecule has 1 aromatic rings. The zero-order chi connectivity index (χ0) is 12.5. The smallest absolute Gasteiger partial charge is 0.354 e. The number of aromatic nitrogens is 1. The van der Waals surface area contributed by atoms with E-state index in [9.17, 15) is 4.79 Å². The number of rotatable bonds is 8. The fourth-order valence-electron chi connectivity index (χ4n) is 1.19. The Morgan fingerprint density at radius 1 is 1.47 bits per heavy atom. The van der Waals surface area contributed by atoms with Crippen LogP contribution in [0, 0.1) is 0 Å². The molecule has 0 unspecified atom stereocenters. The van der Waals surface area contributed by atoms with Gasteiger partial charge in [0.25, 0.3) is 0 Å². The Balaban J connectivity index is 2.27. The number of carboxylic acids is 1. The monoisotopic (exact) mass is 256 g/mol. The van der Waals surface area contributed by atoms with Crippen LogP contribution in [0.1, 0.15) is 16.9 Å². The van der Waals surface area contributed by atoms with Gasteiger partial charge in [-0.25, -0.2) is 9.78 Å². The fourth-order valence-corrected chi connectivity index (χ4v) is 1.98. The van der Waals surface area contributed by atoms with E-state index in [0.29, 0.717) is 0 Å². The van der Waals surface area contributed by atoms with E-state index in [0.717, 1.165) is 30.2 Å². The first kappa shape index (κ1) is 13.8. The molecule has 0 amide bonds. The Morgan fingerprint density at radius 2 is 2.29 bits per heavy atom. The molecule has 17 heavy (non-hydrogen) atoms. The van der Waals surface area contributed by atoms with Gasteiger partial charge in [-0.15, -0.1) is 0 Å². The van der Waals surface area contributed by atoms with Gasteiger partial charge in [-0.05, 0) is 24.3 Å². The molecule has 0 bridgehead atoms. The first-order valence-corrected chi connectivity index (χ1v) is 6.51. The molecule has 0 aromatic carbocycles. The first-order valence-electron chi connectivity index (χ1n) is 5.36. The minimum Gasteiger partial charge on any atom is -0.477 e. The van der Waals surface area contributed by atoms with Crippen LogP contribution in [0.25, 0.3) is 0 Å². The summed E-state index contributed by atoms with van der Waals surface area (Å²) in [6, 6.07) is 3.26. The number of nitrogens with zero attached hydrogens (tertiary/aromatic N) is 1. The average Bonchev–Trinajstić information content (AvgIpc) is 2.34. The van der Waals surface area contributed by atoms with Crippen molar-refractivity contribution in [3.63, 3.8) is 0 Å². The van der Waals surface area contributed by atoms with Crippen molar-refractivity contribution in [2.75, 3.05) is 30.0 Å². The van der Waals surface area contributed by atoms with E-state index in [4.69, 9.17) is 10.2 Å². The third-order valence-electron chi connectivity index (χ3n) is 2.00. The van der Waals surface area contributed by atoms with Crippen LogP contribution in [0.4, 0.5) is 5.69 Å². The summed E-state index contributed by atoms with van der Waals surface area (Å²) in [5, 5.41) is 20.5. The number of anilines is 1. The Kier molecular flexibility index (Phi) is 6.42. The Morgan fingerprint density at radius 3 is 3.00 bits per heavy atom. The average molecular weight is 256 g/mol. The molecule has 6 heteroatoms. The molecule has 1 heterocycles. The van der Waals surface area contributed by atoms with Crippen LogP contribution in [0.5, 0.6) is 0 Å². The minimum absolute atomic E-state index is 0.0444. The molecule has 0 aliphatic carbocycles. The second kappa shape index (κ2) is 7.92. The highest BCUT2D eigenvalue weighted by Gasteiger charge is 2.04. The van der Waals surface area contributed by atoms with E-state index < -0.39 is 5.97 Å². The molecule has 0 saturated carbocycles. The van der Waals surface area contributed by atoms with Crippen LogP contribution in [0.2, 0.25) is 0 Å². The second-order valence-electron chi connectivity index (χ2n) is 3.35. The molecular formula is C11H16N2O3S. The number of aliphatic hydroxyl groups is 1. The van der Waals surface area contributed by atoms with Crippen molar-refractivity contribution < 1.29 is 15.0 Å².